The quantitative estimate of drug-likeness (QED) is 0.425. The van der Waals surface area contributed by atoms with Crippen molar-refractivity contribution in [3.8, 4) is 5.75 Å². The van der Waals surface area contributed by atoms with Crippen molar-refractivity contribution in [3.63, 3.8) is 0 Å². The highest BCUT2D eigenvalue weighted by Gasteiger charge is 2.48. The number of hydrogen-bond donors (Lipinski definition) is 1. The molecule has 0 saturated carbocycles. The van der Waals surface area contributed by atoms with E-state index in [1.807, 2.05) is 6.07 Å². The Morgan fingerprint density at radius 2 is 1.71 bits per heavy atom. The molecule has 0 bridgehead atoms. The Morgan fingerprint density at radius 1 is 1.00 bits per heavy atom. The van der Waals surface area contributed by atoms with Gasteiger partial charge in [0.1, 0.15) is 23.3 Å². The summed E-state index contributed by atoms with van der Waals surface area (Å²) in [6.07, 6.45) is 1.46. The van der Waals surface area contributed by atoms with Gasteiger partial charge in [0.25, 0.3) is 11.7 Å². The van der Waals surface area contributed by atoms with Gasteiger partial charge < -0.3 is 14.3 Å². The van der Waals surface area contributed by atoms with Crippen LogP contribution in [0.5, 0.6) is 5.75 Å². The van der Waals surface area contributed by atoms with Gasteiger partial charge in [-0.2, -0.15) is 0 Å². The van der Waals surface area contributed by atoms with Gasteiger partial charge in [0.2, 0.25) is 0 Å². The summed E-state index contributed by atoms with van der Waals surface area (Å²) in [4.78, 5) is 27.1. The number of carbonyl (C=O) groups excluding carboxylic acids is 2. The first-order valence-corrected chi connectivity index (χ1v) is 8.66. The van der Waals surface area contributed by atoms with Crippen molar-refractivity contribution >= 4 is 23.1 Å². The Bertz CT molecular complexity index is 1050. The third-order valence-electron chi connectivity index (χ3n) is 4.65. The van der Waals surface area contributed by atoms with E-state index in [9.17, 15) is 14.7 Å². The molecular weight excluding hydrogens is 358 g/mol. The molecule has 2 heterocycles. The fraction of sp³-hybridized carbons (Fsp3) is 0.0909. The van der Waals surface area contributed by atoms with Crippen molar-refractivity contribution in [1.29, 1.82) is 0 Å². The van der Waals surface area contributed by atoms with Crippen LogP contribution in [0.3, 0.4) is 0 Å². The average Bonchev–Trinajstić information content (AvgIpc) is 3.35. The summed E-state index contributed by atoms with van der Waals surface area (Å²) in [6.45, 7) is 0. The van der Waals surface area contributed by atoms with Crippen molar-refractivity contribution in [3.05, 3.63) is 89.9 Å². The number of amides is 1. The number of ketones is 1. The molecule has 1 atom stereocenters. The Morgan fingerprint density at radius 3 is 2.39 bits per heavy atom. The number of para-hydroxylation sites is 2. The van der Waals surface area contributed by atoms with Gasteiger partial charge in [-0.05, 0) is 36.4 Å². The molecule has 1 aliphatic rings. The lowest BCUT2D eigenvalue weighted by atomic mass is 9.98. The Balaban J connectivity index is 1.95. The van der Waals surface area contributed by atoms with Crippen molar-refractivity contribution in [2.24, 2.45) is 0 Å². The number of Topliss-reactive ketones (excluding diaryl/α,β-unsaturated/α-hetero) is 1. The summed E-state index contributed by atoms with van der Waals surface area (Å²) in [6, 6.07) is 18.0. The van der Waals surface area contributed by atoms with Crippen molar-refractivity contribution in [2.75, 3.05) is 12.0 Å². The normalized spacial score (nSPS) is 18.5. The lowest BCUT2D eigenvalue weighted by Crippen LogP contribution is -2.29. The van der Waals surface area contributed by atoms with E-state index >= 15 is 0 Å². The molecule has 0 radical (unpaired) electrons. The molecule has 1 amide bonds. The van der Waals surface area contributed by atoms with Crippen LogP contribution in [0.15, 0.2) is 83.0 Å². The van der Waals surface area contributed by atoms with E-state index in [1.165, 1.54) is 18.3 Å². The molecular formula is C22H17NO5. The Kier molecular flexibility index (Phi) is 4.45. The van der Waals surface area contributed by atoms with E-state index in [1.54, 1.807) is 60.7 Å². The lowest BCUT2D eigenvalue weighted by Gasteiger charge is -2.23. The summed E-state index contributed by atoms with van der Waals surface area (Å²) in [5.74, 6) is -1.06. The van der Waals surface area contributed by atoms with Crippen molar-refractivity contribution in [1.82, 2.24) is 0 Å². The van der Waals surface area contributed by atoms with Crippen molar-refractivity contribution < 1.29 is 23.8 Å². The molecule has 1 aromatic heterocycles. The molecule has 6 heteroatoms. The minimum absolute atomic E-state index is 0.0479. The monoisotopic (exact) mass is 375 g/mol. The molecule has 6 nitrogen and oxygen atoms in total. The third-order valence-corrected chi connectivity index (χ3v) is 4.65. The standard InChI is InChI=1S/C22H17NO5/c1-27-16-11-6-5-10-15(16)20(24)18-19(17-12-7-13-28-17)23(22(26)21(18)25)14-8-3-2-4-9-14/h2-13,19,24H,1H3/b20-18-. The summed E-state index contributed by atoms with van der Waals surface area (Å²) < 4.78 is 10.8. The number of ether oxygens (including phenoxy) is 1. The van der Waals surface area contributed by atoms with E-state index in [-0.39, 0.29) is 11.3 Å². The minimum atomic E-state index is -0.887. The van der Waals surface area contributed by atoms with Gasteiger partial charge in [0.05, 0.1) is 24.5 Å². The summed E-state index contributed by atoms with van der Waals surface area (Å²) in [7, 11) is 1.47. The maximum atomic E-state index is 12.9. The molecule has 0 aliphatic carbocycles. The van der Waals surface area contributed by atoms with Crippen LogP contribution in [0.2, 0.25) is 0 Å². The number of aliphatic hydroxyl groups is 1. The number of rotatable bonds is 4. The molecule has 2 aromatic carbocycles. The molecule has 1 aliphatic heterocycles. The van der Waals surface area contributed by atoms with Crippen LogP contribution in [0, 0.1) is 0 Å². The zero-order valence-corrected chi connectivity index (χ0v) is 15.0. The molecule has 1 saturated heterocycles. The molecule has 28 heavy (non-hydrogen) atoms. The molecule has 3 aromatic rings. The van der Waals surface area contributed by atoms with Gasteiger partial charge in [-0.25, -0.2) is 0 Å². The van der Waals surface area contributed by atoms with Crippen LogP contribution in [0.1, 0.15) is 17.4 Å². The highest BCUT2D eigenvalue weighted by Crippen LogP contribution is 2.43. The predicted octanol–water partition coefficient (Wildman–Crippen LogP) is 3.91. The zero-order chi connectivity index (χ0) is 19.7. The maximum absolute atomic E-state index is 12.9. The van der Waals surface area contributed by atoms with Gasteiger partial charge in [-0.3, -0.25) is 14.5 Å². The fourth-order valence-electron chi connectivity index (χ4n) is 3.39. The number of nitrogens with zero attached hydrogens (tertiary/aromatic N) is 1. The molecule has 1 fully saturated rings. The van der Waals surface area contributed by atoms with Gasteiger partial charge in [0, 0.05) is 5.69 Å². The minimum Gasteiger partial charge on any atom is -0.507 e. The first-order valence-electron chi connectivity index (χ1n) is 8.66. The smallest absolute Gasteiger partial charge is 0.300 e. The SMILES string of the molecule is COc1ccccc1/C(O)=C1/C(=O)C(=O)N(c2ccccc2)C1c1ccco1. The molecule has 1 N–H and O–H groups in total. The van der Waals surface area contributed by atoms with E-state index in [0.29, 0.717) is 22.8 Å². The van der Waals surface area contributed by atoms with Gasteiger partial charge in [-0.15, -0.1) is 0 Å². The number of carbonyl (C=O) groups is 2. The van der Waals surface area contributed by atoms with Crippen molar-refractivity contribution in [2.45, 2.75) is 6.04 Å². The predicted molar refractivity (Wildman–Crippen MR) is 103 cm³/mol. The van der Waals surface area contributed by atoms with Gasteiger partial charge >= 0.3 is 0 Å². The lowest BCUT2D eigenvalue weighted by molar-refractivity contribution is -0.132. The summed E-state index contributed by atoms with van der Waals surface area (Å²) >= 11 is 0. The maximum Gasteiger partial charge on any atom is 0.300 e. The van der Waals surface area contributed by atoms with E-state index < -0.39 is 17.7 Å². The number of methoxy groups -OCH3 is 1. The molecule has 140 valence electrons. The van der Waals surface area contributed by atoms with Crippen LogP contribution < -0.4 is 9.64 Å². The Labute approximate surface area is 161 Å². The highest BCUT2D eigenvalue weighted by atomic mass is 16.5. The van der Waals surface area contributed by atoms with Gasteiger partial charge in [0.15, 0.2) is 0 Å². The topological polar surface area (TPSA) is 80.0 Å². The molecule has 0 spiro atoms. The van der Waals surface area contributed by atoms with Gasteiger partial charge in [-0.1, -0.05) is 30.3 Å². The first kappa shape index (κ1) is 17.6. The third kappa shape index (κ3) is 2.75. The van der Waals surface area contributed by atoms with Crippen LogP contribution in [0.25, 0.3) is 5.76 Å². The highest BCUT2D eigenvalue weighted by molar-refractivity contribution is 6.51. The van der Waals surface area contributed by atoms with Crippen LogP contribution in [-0.2, 0) is 9.59 Å². The second kappa shape index (κ2) is 7.08. The van der Waals surface area contributed by atoms with Crippen LogP contribution in [0.4, 0.5) is 5.69 Å². The average molecular weight is 375 g/mol. The number of furan rings is 1. The largest absolute Gasteiger partial charge is 0.507 e. The first-order chi connectivity index (χ1) is 13.6. The number of benzene rings is 2. The van der Waals surface area contributed by atoms with Crippen LogP contribution in [-0.4, -0.2) is 23.9 Å². The fourth-order valence-corrected chi connectivity index (χ4v) is 3.39. The second-order valence-corrected chi connectivity index (χ2v) is 6.22. The Hall–Kier alpha value is -3.80. The molecule has 4 rings (SSSR count). The summed E-state index contributed by atoms with van der Waals surface area (Å²) in [5.41, 5.74) is 0.811. The number of anilines is 1. The van der Waals surface area contributed by atoms with Crippen LogP contribution >= 0.6 is 0 Å². The number of hydrogen-bond acceptors (Lipinski definition) is 5. The summed E-state index contributed by atoms with van der Waals surface area (Å²) in [5, 5.41) is 11.0. The van der Waals surface area contributed by atoms with E-state index in [0.717, 1.165) is 0 Å². The second-order valence-electron chi connectivity index (χ2n) is 6.22. The number of aliphatic hydroxyl groups excluding tert-OH is 1. The molecule has 1 unspecified atom stereocenters. The van der Waals surface area contributed by atoms with E-state index in [4.69, 9.17) is 9.15 Å². The zero-order valence-electron chi connectivity index (χ0n) is 15.0. The van der Waals surface area contributed by atoms with E-state index in [2.05, 4.69) is 0 Å².